The number of esters is 1. The Labute approximate surface area is 307 Å². The molecule has 2 atom stereocenters. The molecular weight excluding hydrogens is 648 g/mol. The van der Waals surface area contributed by atoms with Gasteiger partial charge in [-0.25, -0.2) is 0 Å². The topological polar surface area (TPSA) is 138 Å². The third kappa shape index (κ3) is 22.3. The molecule has 51 heavy (non-hydrogen) atoms. The number of rotatable bonds is 26. The summed E-state index contributed by atoms with van der Waals surface area (Å²) < 4.78 is 4.63. The van der Waals surface area contributed by atoms with E-state index in [1.54, 1.807) is 12.2 Å². The SMILES string of the molecule is CCCCCC(=O)/C=C/C1CCCC(=O)N1CCCCCCC(=O)O.CCCCCC(=O)/C=C/C1CCCC(=O)N1CCCCCCC(=O)OC. The van der Waals surface area contributed by atoms with E-state index in [0.717, 1.165) is 116 Å². The molecule has 2 saturated heterocycles. The van der Waals surface area contributed by atoms with Crippen LogP contribution in [0, 0.1) is 0 Å². The van der Waals surface area contributed by atoms with Crippen molar-refractivity contribution >= 4 is 35.3 Å². The van der Waals surface area contributed by atoms with E-state index in [2.05, 4.69) is 18.6 Å². The summed E-state index contributed by atoms with van der Waals surface area (Å²) in [4.78, 5) is 73.7. The summed E-state index contributed by atoms with van der Waals surface area (Å²) in [5.41, 5.74) is 0. The summed E-state index contributed by atoms with van der Waals surface area (Å²) in [6.07, 6.45) is 27.3. The molecule has 0 radical (unpaired) electrons. The summed E-state index contributed by atoms with van der Waals surface area (Å²) in [7, 11) is 1.41. The predicted molar refractivity (Wildman–Crippen MR) is 201 cm³/mol. The molecule has 0 spiro atoms. The second-order valence-corrected chi connectivity index (χ2v) is 14.0. The molecule has 2 heterocycles. The molecule has 0 aromatic carbocycles. The zero-order chi connectivity index (χ0) is 37.7. The first-order valence-corrected chi connectivity index (χ1v) is 19.9. The number of unbranched alkanes of at least 4 members (excludes halogenated alkanes) is 10. The van der Waals surface area contributed by atoms with Crippen molar-refractivity contribution in [3.8, 4) is 0 Å². The number of ether oxygens (including phenoxy) is 1. The predicted octanol–water partition coefficient (Wildman–Crippen LogP) is 8.30. The molecule has 0 aromatic heterocycles. The molecule has 0 saturated carbocycles. The van der Waals surface area contributed by atoms with E-state index in [1.807, 2.05) is 22.0 Å². The monoisotopic (exact) mass is 716 g/mol. The number of aliphatic carboxylic acids is 1. The van der Waals surface area contributed by atoms with Crippen LogP contribution in [0.25, 0.3) is 0 Å². The maximum atomic E-state index is 12.3. The largest absolute Gasteiger partial charge is 0.481 e. The van der Waals surface area contributed by atoms with Gasteiger partial charge in [0.05, 0.1) is 19.2 Å². The van der Waals surface area contributed by atoms with E-state index in [0.29, 0.717) is 45.1 Å². The van der Waals surface area contributed by atoms with E-state index >= 15 is 0 Å². The Hall–Kier alpha value is -3.30. The lowest BCUT2D eigenvalue weighted by atomic mass is 9.99. The number of allylic oxidation sites excluding steroid dienone is 2. The zero-order valence-corrected chi connectivity index (χ0v) is 32.0. The fourth-order valence-corrected chi connectivity index (χ4v) is 6.50. The molecule has 2 aliphatic heterocycles. The van der Waals surface area contributed by atoms with Crippen LogP contribution in [0.2, 0.25) is 0 Å². The summed E-state index contributed by atoms with van der Waals surface area (Å²) in [6, 6.07) is 0.0943. The lowest BCUT2D eigenvalue weighted by Gasteiger charge is -2.34. The Bertz CT molecular complexity index is 1100. The van der Waals surface area contributed by atoms with Crippen molar-refractivity contribution in [1.29, 1.82) is 0 Å². The number of hydrogen-bond acceptors (Lipinski definition) is 7. The van der Waals surface area contributed by atoms with Gasteiger partial charge in [-0.3, -0.25) is 28.8 Å². The van der Waals surface area contributed by atoms with Gasteiger partial charge in [-0.05, 0) is 76.4 Å². The van der Waals surface area contributed by atoms with Gasteiger partial charge in [0, 0.05) is 51.6 Å². The normalized spacial score (nSPS) is 17.9. The minimum absolute atomic E-state index is 0.0374. The molecule has 2 aliphatic rings. The average Bonchev–Trinajstić information content (AvgIpc) is 3.11. The van der Waals surface area contributed by atoms with Crippen LogP contribution in [0.1, 0.15) is 168 Å². The highest BCUT2D eigenvalue weighted by Gasteiger charge is 2.26. The van der Waals surface area contributed by atoms with Crippen LogP contribution in [-0.4, -0.2) is 82.5 Å². The van der Waals surface area contributed by atoms with Crippen molar-refractivity contribution in [2.24, 2.45) is 0 Å². The van der Waals surface area contributed by atoms with E-state index in [4.69, 9.17) is 5.11 Å². The Morgan fingerprint density at radius 1 is 0.627 bits per heavy atom. The third-order valence-corrected chi connectivity index (χ3v) is 9.58. The van der Waals surface area contributed by atoms with Gasteiger partial charge in [-0.15, -0.1) is 0 Å². The number of methoxy groups -OCH3 is 1. The number of piperidine rings is 2. The number of carbonyl (C=O) groups excluding carboxylic acids is 5. The number of likely N-dealkylation sites (tertiary alicyclic amines) is 2. The lowest BCUT2D eigenvalue weighted by Crippen LogP contribution is -2.43. The minimum atomic E-state index is -0.750. The molecule has 0 aliphatic carbocycles. The molecule has 0 bridgehead atoms. The Balaban J connectivity index is 0.000000510. The number of hydrogen-bond donors (Lipinski definition) is 1. The van der Waals surface area contributed by atoms with Gasteiger partial charge >= 0.3 is 11.9 Å². The molecule has 2 unspecified atom stereocenters. The van der Waals surface area contributed by atoms with Crippen molar-refractivity contribution in [2.75, 3.05) is 20.2 Å². The van der Waals surface area contributed by atoms with Crippen molar-refractivity contribution in [3.05, 3.63) is 24.3 Å². The van der Waals surface area contributed by atoms with Gasteiger partial charge in [0.15, 0.2) is 11.6 Å². The first-order valence-electron chi connectivity index (χ1n) is 19.9. The second-order valence-electron chi connectivity index (χ2n) is 14.0. The van der Waals surface area contributed by atoms with Crippen LogP contribution < -0.4 is 0 Å². The highest BCUT2D eigenvalue weighted by molar-refractivity contribution is 5.90. The smallest absolute Gasteiger partial charge is 0.305 e. The van der Waals surface area contributed by atoms with Crippen LogP contribution >= 0.6 is 0 Å². The van der Waals surface area contributed by atoms with Gasteiger partial charge in [0.2, 0.25) is 11.8 Å². The Kier molecular flexibility index (Phi) is 26.3. The van der Waals surface area contributed by atoms with Gasteiger partial charge in [0.25, 0.3) is 0 Å². The molecule has 2 rings (SSSR count). The fraction of sp³-hybridized carbons (Fsp3) is 0.756. The molecule has 0 aromatic rings. The van der Waals surface area contributed by atoms with Gasteiger partial charge in [-0.2, -0.15) is 0 Å². The van der Waals surface area contributed by atoms with Crippen LogP contribution in [0.5, 0.6) is 0 Å². The average molecular weight is 717 g/mol. The Morgan fingerprint density at radius 3 is 1.45 bits per heavy atom. The van der Waals surface area contributed by atoms with Crippen molar-refractivity contribution in [3.63, 3.8) is 0 Å². The number of ketones is 2. The number of carbonyl (C=O) groups is 6. The standard InChI is InChI=1S/C21H35NO4.C20H33NO4/c1-3-4-7-12-19(23)16-15-18-11-10-13-20(24)22(18)17-9-6-5-8-14-21(25)26-2;1-2-3-6-11-18(22)15-14-17-10-9-12-19(23)21(17)16-8-5-4-7-13-20(24)25/h15-16,18H,3-14,17H2,1-2H3;14-15,17H,2-13,16H2,1H3,(H,24,25)/b16-15+;15-14+. The summed E-state index contributed by atoms with van der Waals surface area (Å²) in [5.74, 6) is -0.229. The van der Waals surface area contributed by atoms with E-state index < -0.39 is 5.97 Å². The van der Waals surface area contributed by atoms with Crippen LogP contribution in [0.4, 0.5) is 0 Å². The first kappa shape index (κ1) is 45.7. The fourth-order valence-electron chi connectivity index (χ4n) is 6.50. The number of carboxylic acid groups (broad SMARTS) is 1. The second kappa shape index (κ2) is 29.3. The summed E-state index contributed by atoms with van der Waals surface area (Å²) >= 11 is 0. The van der Waals surface area contributed by atoms with Gasteiger partial charge in [0.1, 0.15) is 0 Å². The third-order valence-electron chi connectivity index (χ3n) is 9.58. The maximum Gasteiger partial charge on any atom is 0.305 e. The van der Waals surface area contributed by atoms with E-state index in [-0.39, 0.29) is 47.9 Å². The van der Waals surface area contributed by atoms with Gasteiger partial charge in [-0.1, -0.05) is 77.4 Å². The molecule has 2 amide bonds. The molecule has 1 N–H and O–H groups in total. The molecular formula is C41H68N2O8. The highest BCUT2D eigenvalue weighted by Crippen LogP contribution is 2.22. The molecule has 10 nitrogen and oxygen atoms in total. The van der Waals surface area contributed by atoms with Gasteiger partial charge < -0.3 is 19.6 Å². The molecule has 10 heteroatoms. The first-order chi connectivity index (χ1) is 24.6. The highest BCUT2D eigenvalue weighted by atomic mass is 16.5. The Morgan fingerprint density at radius 2 is 1.04 bits per heavy atom. The maximum absolute atomic E-state index is 12.3. The zero-order valence-electron chi connectivity index (χ0n) is 32.0. The van der Waals surface area contributed by atoms with E-state index in [9.17, 15) is 28.8 Å². The molecule has 2 fully saturated rings. The van der Waals surface area contributed by atoms with Crippen molar-refractivity contribution in [2.45, 2.75) is 180 Å². The number of nitrogens with zero attached hydrogens (tertiary/aromatic N) is 2. The summed E-state index contributed by atoms with van der Waals surface area (Å²) in [6.45, 7) is 5.68. The quantitative estimate of drug-likeness (QED) is 0.0536. The number of amides is 2. The van der Waals surface area contributed by atoms with Crippen LogP contribution in [0.3, 0.4) is 0 Å². The summed E-state index contributed by atoms with van der Waals surface area (Å²) in [5, 5.41) is 8.63. The number of carboxylic acids is 1. The van der Waals surface area contributed by atoms with Crippen molar-refractivity contribution < 1.29 is 38.6 Å². The van der Waals surface area contributed by atoms with Crippen LogP contribution in [0.15, 0.2) is 24.3 Å². The van der Waals surface area contributed by atoms with Crippen LogP contribution in [-0.2, 0) is 33.5 Å². The van der Waals surface area contributed by atoms with E-state index in [1.165, 1.54) is 7.11 Å². The minimum Gasteiger partial charge on any atom is -0.481 e. The molecule has 290 valence electrons. The lowest BCUT2D eigenvalue weighted by molar-refractivity contribution is -0.141. The van der Waals surface area contributed by atoms with Crippen molar-refractivity contribution in [1.82, 2.24) is 9.80 Å².